The van der Waals surface area contributed by atoms with Gasteiger partial charge in [0.05, 0.1) is 32.9 Å². The van der Waals surface area contributed by atoms with Crippen molar-refractivity contribution in [1.29, 1.82) is 0 Å². The first-order chi connectivity index (χ1) is 55.6. The monoisotopic (exact) mass is 1420 g/mol. The molecule has 0 bridgehead atoms. The van der Waals surface area contributed by atoms with E-state index in [4.69, 9.17) is 29.9 Å². The highest BCUT2D eigenvalue weighted by atomic mass is 15.1. The van der Waals surface area contributed by atoms with Crippen LogP contribution in [0.2, 0.25) is 0 Å². The molecule has 8 heteroatoms. The van der Waals surface area contributed by atoms with Gasteiger partial charge in [-0.2, -0.15) is 0 Å². The summed E-state index contributed by atoms with van der Waals surface area (Å²) in [6.45, 7) is 0. The lowest BCUT2D eigenvalue weighted by atomic mass is 9.70. The van der Waals surface area contributed by atoms with E-state index in [0.717, 1.165) is 99.8 Å². The van der Waals surface area contributed by atoms with Gasteiger partial charge in [0.25, 0.3) is 0 Å². The zero-order valence-corrected chi connectivity index (χ0v) is 60.4. The van der Waals surface area contributed by atoms with Crippen molar-refractivity contribution in [2.24, 2.45) is 0 Å². The molecule has 0 saturated heterocycles. The van der Waals surface area contributed by atoms with Gasteiger partial charge >= 0.3 is 0 Å². The lowest BCUT2D eigenvalue weighted by molar-refractivity contribution is 0.794. The number of para-hydroxylation sites is 3. The molecular weight excluding hydrogens is 1360 g/mol. The molecule has 16 aromatic carbocycles. The molecular formula is C104H62N8. The van der Waals surface area contributed by atoms with Crippen molar-refractivity contribution >= 4 is 43.6 Å². The Kier molecular flexibility index (Phi) is 13.2. The Hall–Kier alpha value is -14.9. The van der Waals surface area contributed by atoms with Crippen LogP contribution in [0, 0.1) is 0 Å². The SMILES string of the molecule is c1ccc(-c2nc(-c3cccc(-c4cccc5c4-c4ccccc4C54c5cccc(-c6nc(-c7ccccc7)nc(-c7ccccc7)n6)c5-c5c4ccc4c5c5ccccc5n4-c4ccccc4)c3)nc(-c3ccc4c5c6c(ccc5n(-c5ccccc5)c4c3)C3(c4ccccc4-c4ccccc43)c3ccccc3-6)n2)cc1. The lowest BCUT2D eigenvalue weighted by Crippen LogP contribution is -2.25. The lowest BCUT2D eigenvalue weighted by Gasteiger charge is -2.30. The van der Waals surface area contributed by atoms with Crippen LogP contribution in [-0.4, -0.2) is 39.0 Å². The minimum Gasteiger partial charge on any atom is -0.309 e. The average molecular weight is 1420 g/mol. The molecule has 4 heterocycles. The Morgan fingerprint density at radius 2 is 0.527 bits per heavy atom. The Morgan fingerprint density at radius 3 is 1.09 bits per heavy atom. The van der Waals surface area contributed by atoms with E-state index in [2.05, 4.69) is 343 Å². The topological polar surface area (TPSA) is 87.2 Å². The summed E-state index contributed by atoms with van der Waals surface area (Å²) in [6, 6.07) is 137. The molecule has 2 spiro atoms. The molecule has 0 saturated carbocycles. The summed E-state index contributed by atoms with van der Waals surface area (Å²) in [6.07, 6.45) is 0. The van der Waals surface area contributed by atoms with Crippen LogP contribution in [0.4, 0.5) is 0 Å². The van der Waals surface area contributed by atoms with Crippen molar-refractivity contribution in [3.63, 3.8) is 0 Å². The quantitative estimate of drug-likeness (QED) is 0.143. The third-order valence-electron chi connectivity index (χ3n) is 24.2. The average Bonchev–Trinajstić information content (AvgIpc) is 1.56. The standard InChI is InChI=1S/C104H62N8/c1-6-29-63(30-7-1)97-106-100(108-101(107-97)68-55-56-77-90(62-68)112(70-39-14-5-15-40-70)88-59-57-85-92(94(77)88)75-44-19-24-51-82(75)103(85)79-48-21-16-41-72(79)73-42-17-22-49-80(73)103)67-36-26-35-66(61-67)71-46-27-52-83-91(71)74-43-18-23-50-81(74)104(83)84-53-28-47-78(102-109-98(64-31-8-2-9-32-64)105-99(110-102)65-33-10-3-11-34-65)93(84)96-86(104)58-60-89-95(96)76-45-20-25-54-87(76)111(89)69-37-12-4-13-38-69/h1-62H. The van der Waals surface area contributed by atoms with Crippen LogP contribution in [0.1, 0.15) is 44.5 Å². The molecule has 0 N–H and O–H groups in total. The van der Waals surface area contributed by atoms with E-state index in [1.54, 1.807) is 0 Å². The first kappa shape index (κ1) is 62.2. The minimum atomic E-state index is -0.802. The first-order valence-electron chi connectivity index (χ1n) is 38.3. The Labute approximate surface area is 645 Å². The number of aromatic nitrogens is 8. The Balaban J connectivity index is 0.702. The summed E-state index contributed by atoms with van der Waals surface area (Å²) in [5, 5.41) is 4.71. The largest absolute Gasteiger partial charge is 0.309 e. The Bertz CT molecular complexity index is 7270. The maximum Gasteiger partial charge on any atom is 0.164 e. The van der Waals surface area contributed by atoms with E-state index in [-0.39, 0.29) is 0 Å². The molecule has 1 atom stereocenters. The molecule has 0 radical (unpaired) electrons. The van der Waals surface area contributed by atoms with E-state index in [9.17, 15) is 0 Å². The molecule has 112 heavy (non-hydrogen) atoms. The number of hydrogen-bond donors (Lipinski definition) is 0. The molecule has 0 amide bonds. The van der Waals surface area contributed by atoms with Gasteiger partial charge in [-0.1, -0.05) is 322 Å². The van der Waals surface area contributed by atoms with Crippen LogP contribution in [0.15, 0.2) is 376 Å². The first-order valence-corrected chi connectivity index (χ1v) is 38.3. The van der Waals surface area contributed by atoms with Gasteiger partial charge in [-0.25, -0.2) is 29.9 Å². The number of rotatable bonds is 9. The fourth-order valence-corrected chi connectivity index (χ4v) is 19.9. The van der Waals surface area contributed by atoms with E-state index in [1.165, 1.54) is 88.7 Å². The zero-order chi connectivity index (χ0) is 73.3. The van der Waals surface area contributed by atoms with Gasteiger partial charge in [0, 0.05) is 66.3 Å². The van der Waals surface area contributed by atoms with Crippen LogP contribution in [0.25, 0.3) is 179 Å². The van der Waals surface area contributed by atoms with E-state index in [0.29, 0.717) is 34.9 Å². The summed E-state index contributed by atoms with van der Waals surface area (Å²) in [4.78, 5) is 32.7. The maximum atomic E-state index is 5.59. The van der Waals surface area contributed by atoms with E-state index in [1.807, 2.05) is 42.5 Å². The maximum absolute atomic E-state index is 5.59. The fourth-order valence-electron chi connectivity index (χ4n) is 19.9. The summed E-state index contributed by atoms with van der Waals surface area (Å²) >= 11 is 0. The fraction of sp³-hybridized carbons (Fsp3) is 0.0192. The predicted octanol–water partition coefficient (Wildman–Crippen LogP) is 24.6. The van der Waals surface area contributed by atoms with Crippen molar-refractivity contribution in [1.82, 2.24) is 39.0 Å². The highest BCUT2D eigenvalue weighted by molar-refractivity contribution is 6.22. The number of fused-ring (bicyclic) bond motifs is 28. The number of benzene rings is 16. The van der Waals surface area contributed by atoms with E-state index >= 15 is 0 Å². The molecule has 0 fully saturated rings. The summed E-state index contributed by atoms with van der Waals surface area (Å²) in [7, 11) is 0. The summed E-state index contributed by atoms with van der Waals surface area (Å²) in [5.41, 5.74) is 32.6. The summed E-state index contributed by atoms with van der Waals surface area (Å²) < 4.78 is 4.87. The smallest absolute Gasteiger partial charge is 0.164 e. The second kappa shape index (κ2) is 23.8. The molecule has 1 unspecified atom stereocenters. The zero-order valence-electron chi connectivity index (χ0n) is 60.4. The molecule has 8 nitrogen and oxygen atoms in total. The van der Waals surface area contributed by atoms with Crippen molar-refractivity contribution in [2.45, 2.75) is 10.8 Å². The van der Waals surface area contributed by atoms with Gasteiger partial charge < -0.3 is 9.13 Å². The van der Waals surface area contributed by atoms with Crippen molar-refractivity contribution < 1.29 is 0 Å². The van der Waals surface area contributed by atoms with Crippen LogP contribution in [0.3, 0.4) is 0 Å². The van der Waals surface area contributed by atoms with Crippen LogP contribution in [0.5, 0.6) is 0 Å². The number of nitrogens with zero attached hydrogens (tertiary/aromatic N) is 8. The van der Waals surface area contributed by atoms with Crippen LogP contribution >= 0.6 is 0 Å². The van der Waals surface area contributed by atoms with Crippen LogP contribution in [-0.2, 0) is 10.8 Å². The van der Waals surface area contributed by atoms with Gasteiger partial charge in [-0.15, -0.1) is 0 Å². The van der Waals surface area contributed by atoms with Crippen molar-refractivity contribution in [2.75, 3.05) is 0 Å². The normalized spacial score (nSPS) is 14.2. The van der Waals surface area contributed by atoms with Gasteiger partial charge in [-0.05, 0) is 155 Å². The van der Waals surface area contributed by atoms with Gasteiger partial charge in [0.15, 0.2) is 34.9 Å². The van der Waals surface area contributed by atoms with Gasteiger partial charge in [-0.3, -0.25) is 0 Å². The molecule has 24 rings (SSSR count). The molecule has 20 aromatic rings. The van der Waals surface area contributed by atoms with Crippen molar-refractivity contribution in [3.8, 4) is 135 Å². The molecule has 4 aliphatic rings. The second-order valence-corrected chi connectivity index (χ2v) is 29.8. The highest BCUT2D eigenvalue weighted by Crippen LogP contribution is 2.68. The highest BCUT2D eigenvalue weighted by Gasteiger charge is 2.55. The van der Waals surface area contributed by atoms with Gasteiger partial charge in [0.1, 0.15) is 0 Å². The predicted molar refractivity (Wildman–Crippen MR) is 453 cm³/mol. The molecule has 518 valence electrons. The number of hydrogen-bond acceptors (Lipinski definition) is 6. The van der Waals surface area contributed by atoms with Crippen LogP contribution < -0.4 is 0 Å². The van der Waals surface area contributed by atoms with E-state index < -0.39 is 10.8 Å². The second-order valence-electron chi connectivity index (χ2n) is 29.8. The Morgan fingerprint density at radius 1 is 0.179 bits per heavy atom. The van der Waals surface area contributed by atoms with Gasteiger partial charge in [0.2, 0.25) is 0 Å². The molecule has 4 aromatic heterocycles. The molecule has 4 aliphatic carbocycles. The van der Waals surface area contributed by atoms with Crippen molar-refractivity contribution in [3.05, 3.63) is 421 Å². The summed E-state index contributed by atoms with van der Waals surface area (Å²) in [5.74, 6) is 3.56. The third-order valence-corrected chi connectivity index (χ3v) is 24.2. The molecule has 0 aliphatic heterocycles. The minimum absolute atomic E-state index is 0.492. The third kappa shape index (κ3) is 8.60.